The minimum Gasteiger partial charge on any atom is -0.493 e. The summed E-state index contributed by atoms with van der Waals surface area (Å²) in [6.07, 6.45) is 1.70. The normalized spacial score (nSPS) is 21.6. The van der Waals surface area contributed by atoms with Gasteiger partial charge in [-0.2, -0.15) is 4.98 Å². The molecular formula is C15H19N3O3. The van der Waals surface area contributed by atoms with Crippen molar-refractivity contribution in [3.05, 3.63) is 42.0 Å². The minimum atomic E-state index is 0.0891. The van der Waals surface area contributed by atoms with Crippen LogP contribution in [0, 0.1) is 0 Å². The fourth-order valence-corrected chi connectivity index (χ4v) is 2.36. The van der Waals surface area contributed by atoms with E-state index in [2.05, 4.69) is 15.5 Å². The van der Waals surface area contributed by atoms with Crippen LogP contribution in [-0.2, 0) is 11.2 Å². The zero-order valence-corrected chi connectivity index (χ0v) is 12.0. The maximum absolute atomic E-state index is 5.62. The Kier molecular flexibility index (Phi) is 4.47. The van der Waals surface area contributed by atoms with Crippen molar-refractivity contribution < 1.29 is 14.0 Å². The van der Waals surface area contributed by atoms with Crippen LogP contribution in [-0.4, -0.2) is 36.5 Å². The monoisotopic (exact) mass is 289 g/mol. The van der Waals surface area contributed by atoms with E-state index in [1.54, 1.807) is 7.11 Å². The zero-order valence-electron chi connectivity index (χ0n) is 12.0. The van der Waals surface area contributed by atoms with Crippen molar-refractivity contribution in [1.82, 2.24) is 15.5 Å². The summed E-state index contributed by atoms with van der Waals surface area (Å²) in [5, 5.41) is 7.31. The SMILES string of the molecule is COC1CNC(c2nc(CCOc3ccccc3)no2)C1. The number of benzene rings is 1. The Morgan fingerprint density at radius 2 is 2.19 bits per heavy atom. The molecule has 1 aromatic carbocycles. The third-order valence-electron chi connectivity index (χ3n) is 3.54. The maximum atomic E-state index is 5.62. The first-order chi connectivity index (χ1) is 10.3. The van der Waals surface area contributed by atoms with Crippen LogP contribution in [0.25, 0.3) is 0 Å². The second-order valence-corrected chi connectivity index (χ2v) is 5.01. The van der Waals surface area contributed by atoms with Gasteiger partial charge < -0.3 is 19.3 Å². The summed E-state index contributed by atoms with van der Waals surface area (Å²) >= 11 is 0. The van der Waals surface area contributed by atoms with Crippen LogP contribution in [0.4, 0.5) is 0 Å². The molecule has 0 spiro atoms. The van der Waals surface area contributed by atoms with Crippen molar-refractivity contribution in [1.29, 1.82) is 0 Å². The van der Waals surface area contributed by atoms with Gasteiger partial charge in [0.15, 0.2) is 5.82 Å². The number of nitrogens with one attached hydrogen (secondary N) is 1. The summed E-state index contributed by atoms with van der Waals surface area (Å²) in [5.74, 6) is 2.15. The summed E-state index contributed by atoms with van der Waals surface area (Å²) in [7, 11) is 1.72. The van der Waals surface area contributed by atoms with Crippen LogP contribution in [0.2, 0.25) is 0 Å². The molecule has 21 heavy (non-hydrogen) atoms. The molecule has 2 aromatic rings. The second kappa shape index (κ2) is 6.69. The Balaban J connectivity index is 1.49. The lowest BCUT2D eigenvalue weighted by atomic mass is 10.2. The van der Waals surface area contributed by atoms with Crippen molar-refractivity contribution in [2.75, 3.05) is 20.3 Å². The Bertz CT molecular complexity index is 558. The molecule has 1 aromatic heterocycles. The zero-order chi connectivity index (χ0) is 14.5. The summed E-state index contributed by atoms with van der Waals surface area (Å²) < 4.78 is 16.2. The molecule has 1 aliphatic rings. The van der Waals surface area contributed by atoms with Gasteiger partial charge in [0.05, 0.1) is 18.8 Å². The highest BCUT2D eigenvalue weighted by molar-refractivity contribution is 5.20. The first-order valence-electron chi connectivity index (χ1n) is 7.11. The van der Waals surface area contributed by atoms with E-state index in [-0.39, 0.29) is 12.1 Å². The van der Waals surface area contributed by atoms with Crippen LogP contribution in [0.5, 0.6) is 5.75 Å². The van der Waals surface area contributed by atoms with Crippen molar-refractivity contribution in [3.63, 3.8) is 0 Å². The molecule has 0 saturated carbocycles. The van der Waals surface area contributed by atoms with Gasteiger partial charge in [0.2, 0.25) is 5.89 Å². The smallest absolute Gasteiger partial charge is 0.243 e. The van der Waals surface area contributed by atoms with Crippen LogP contribution in [0.1, 0.15) is 24.2 Å². The summed E-state index contributed by atoms with van der Waals surface area (Å²) in [5.41, 5.74) is 0. The molecule has 2 atom stereocenters. The Hall–Kier alpha value is -1.92. The molecule has 6 nitrogen and oxygen atoms in total. The Morgan fingerprint density at radius 3 is 2.95 bits per heavy atom. The third kappa shape index (κ3) is 3.59. The fourth-order valence-electron chi connectivity index (χ4n) is 2.36. The quantitative estimate of drug-likeness (QED) is 0.873. The summed E-state index contributed by atoms with van der Waals surface area (Å²) in [6, 6.07) is 9.79. The Labute approximate surface area is 123 Å². The number of nitrogens with zero attached hydrogens (tertiary/aromatic N) is 2. The number of aromatic nitrogens is 2. The molecule has 112 valence electrons. The standard InChI is InChI=1S/C15H19N3O3/c1-19-12-9-13(16-10-12)15-17-14(18-21-15)7-8-20-11-5-3-2-4-6-11/h2-6,12-13,16H,7-10H2,1H3. The molecule has 0 radical (unpaired) electrons. The van der Waals surface area contributed by atoms with Gasteiger partial charge in [-0.15, -0.1) is 0 Å². The van der Waals surface area contributed by atoms with E-state index in [1.807, 2.05) is 30.3 Å². The molecule has 1 fully saturated rings. The van der Waals surface area contributed by atoms with Crippen LogP contribution >= 0.6 is 0 Å². The van der Waals surface area contributed by atoms with E-state index in [4.69, 9.17) is 14.0 Å². The highest BCUT2D eigenvalue weighted by Gasteiger charge is 2.29. The summed E-state index contributed by atoms with van der Waals surface area (Å²) in [6.45, 7) is 1.35. The molecule has 0 amide bonds. The largest absolute Gasteiger partial charge is 0.493 e. The summed E-state index contributed by atoms with van der Waals surface area (Å²) in [4.78, 5) is 4.42. The minimum absolute atomic E-state index is 0.0891. The molecule has 1 aliphatic heterocycles. The van der Waals surface area contributed by atoms with Gasteiger partial charge in [-0.25, -0.2) is 0 Å². The highest BCUT2D eigenvalue weighted by atomic mass is 16.5. The lowest BCUT2D eigenvalue weighted by Gasteiger charge is -2.04. The number of para-hydroxylation sites is 1. The van der Waals surface area contributed by atoms with E-state index in [0.29, 0.717) is 24.7 Å². The van der Waals surface area contributed by atoms with Gasteiger partial charge in [0, 0.05) is 20.1 Å². The third-order valence-corrected chi connectivity index (χ3v) is 3.54. The number of hydrogen-bond donors (Lipinski definition) is 1. The molecule has 0 aliphatic carbocycles. The molecule has 1 N–H and O–H groups in total. The molecule has 3 rings (SSSR count). The van der Waals surface area contributed by atoms with Crippen LogP contribution in [0.15, 0.2) is 34.9 Å². The van der Waals surface area contributed by atoms with E-state index in [0.717, 1.165) is 18.7 Å². The predicted octanol–water partition coefficient (Wildman–Crippen LogP) is 1.74. The average molecular weight is 289 g/mol. The van der Waals surface area contributed by atoms with Gasteiger partial charge in [-0.05, 0) is 18.6 Å². The molecule has 2 unspecified atom stereocenters. The highest BCUT2D eigenvalue weighted by Crippen LogP contribution is 2.23. The molecular weight excluding hydrogens is 270 g/mol. The van der Waals surface area contributed by atoms with Crippen molar-refractivity contribution in [2.24, 2.45) is 0 Å². The van der Waals surface area contributed by atoms with Gasteiger partial charge in [-0.3, -0.25) is 0 Å². The molecule has 2 heterocycles. The van der Waals surface area contributed by atoms with Gasteiger partial charge in [0.1, 0.15) is 5.75 Å². The average Bonchev–Trinajstić information content (AvgIpc) is 3.17. The van der Waals surface area contributed by atoms with Gasteiger partial charge in [0.25, 0.3) is 0 Å². The molecule has 1 saturated heterocycles. The van der Waals surface area contributed by atoms with Crippen LogP contribution < -0.4 is 10.1 Å². The van der Waals surface area contributed by atoms with E-state index < -0.39 is 0 Å². The Morgan fingerprint density at radius 1 is 1.33 bits per heavy atom. The number of rotatable bonds is 6. The number of hydrogen-bond acceptors (Lipinski definition) is 6. The first kappa shape index (κ1) is 14.0. The number of methoxy groups -OCH3 is 1. The number of ether oxygens (including phenoxy) is 2. The maximum Gasteiger partial charge on any atom is 0.243 e. The van der Waals surface area contributed by atoms with E-state index >= 15 is 0 Å². The van der Waals surface area contributed by atoms with Crippen molar-refractivity contribution in [3.8, 4) is 5.75 Å². The van der Waals surface area contributed by atoms with E-state index in [1.165, 1.54) is 0 Å². The topological polar surface area (TPSA) is 69.4 Å². The first-order valence-corrected chi connectivity index (χ1v) is 7.11. The fraction of sp³-hybridized carbons (Fsp3) is 0.467. The van der Waals surface area contributed by atoms with Gasteiger partial charge >= 0.3 is 0 Å². The molecule has 0 bridgehead atoms. The van der Waals surface area contributed by atoms with E-state index in [9.17, 15) is 0 Å². The molecule has 6 heteroatoms. The van der Waals surface area contributed by atoms with Crippen LogP contribution in [0.3, 0.4) is 0 Å². The second-order valence-electron chi connectivity index (χ2n) is 5.01. The lowest BCUT2D eigenvalue weighted by Crippen LogP contribution is -2.16. The predicted molar refractivity (Wildman–Crippen MR) is 76.1 cm³/mol. The van der Waals surface area contributed by atoms with Crippen molar-refractivity contribution in [2.45, 2.75) is 25.0 Å². The van der Waals surface area contributed by atoms with Crippen molar-refractivity contribution >= 4 is 0 Å². The van der Waals surface area contributed by atoms with Gasteiger partial charge in [-0.1, -0.05) is 23.4 Å². The lowest BCUT2D eigenvalue weighted by molar-refractivity contribution is 0.116.